The molecule has 1 unspecified atom stereocenters. The first-order valence-corrected chi connectivity index (χ1v) is 4.51. The Morgan fingerprint density at radius 2 is 2.00 bits per heavy atom. The molecule has 1 heterocycles. The minimum atomic E-state index is -2.40. The number of ether oxygens (including phenoxy) is 1. The molecule has 0 bridgehead atoms. The molecule has 1 saturated carbocycles. The van der Waals surface area contributed by atoms with Gasteiger partial charge in [0.1, 0.15) is 0 Å². The Balaban J connectivity index is 1.91. The lowest BCUT2D eigenvalue weighted by molar-refractivity contribution is -0.209. The molecule has 0 aromatic carbocycles. The van der Waals surface area contributed by atoms with E-state index in [1.165, 1.54) is 0 Å². The van der Waals surface area contributed by atoms with Crippen LogP contribution in [-0.2, 0) is 4.74 Å². The van der Waals surface area contributed by atoms with Crippen LogP contribution in [0.3, 0.4) is 0 Å². The quantitative estimate of drug-likeness (QED) is 0.551. The molecule has 70 valence electrons. The molecule has 2 fully saturated rings. The van der Waals surface area contributed by atoms with Gasteiger partial charge in [0.15, 0.2) is 0 Å². The highest BCUT2D eigenvalue weighted by Gasteiger charge is 2.57. The lowest BCUT2D eigenvalue weighted by Gasteiger charge is -2.50. The van der Waals surface area contributed by atoms with Crippen LogP contribution in [0.15, 0.2) is 0 Å². The van der Waals surface area contributed by atoms with Crippen molar-refractivity contribution in [3.63, 3.8) is 0 Å². The number of alkyl halides is 2. The molecule has 12 heavy (non-hydrogen) atoms. The summed E-state index contributed by atoms with van der Waals surface area (Å²) < 4.78 is 30.6. The average Bonchev–Trinajstić information content (AvgIpc) is 1.91. The fraction of sp³-hybridized carbons (Fsp3) is 1.00. The largest absolute Gasteiger partial charge is 0.378 e. The smallest absolute Gasteiger partial charge is 0.249 e. The van der Waals surface area contributed by atoms with Crippen LogP contribution in [0.5, 0.6) is 0 Å². The van der Waals surface area contributed by atoms with E-state index in [-0.39, 0.29) is 24.4 Å². The van der Waals surface area contributed by atoms with E-state index >= 15 is 0 Å². The van der Waals surface area contributed by atoms with Crippen LogP contribution in [0, 0.1) is 5.41 Å². The molecule has 0 aromatic rings. The SMILES string of the molecule is CC1CCC2(CO1)CC(F)(F)C2. The first-order valence-electron chi connectivity index (χ1n) is 4.51. The van der Waals surface area contributed by atoms with E-state index in [2.05, 4.69) is 0 Å². The maximum Gasteiger partial charge on any atom is 0.249 e. The maximum atomic E-state index is 12.6. The van der Waals surface area contributed by atoms with E-state index < -0.39 is 5.92 Å². The van der Waals surface area contributed by atoms with Crippen molar-refractivity contribution < 1.29 is 13.5 Å². The van der Waals surface area contributed by atoms with Crippen molar-refractivity contribution in [3.05, 3.63) is 0 Å². The summed E-state index contributed by atoms with van der Waals surface area (Å²) in [6.45, 7) is 2.55. The Morgan fingerprint density at radius 1 is 1.33 bits per heavy atom. The molecule has 2 rings (SSSR count). The molecule has 2 aliphatic rings. The van der Waals surface area contributed by atoms with Crippen LogP contribution in [0.4, 0.5) is 8.78 Å². The first-order chi connectivity index (χ1) is 5.52. The third-order valence-corrected chi connectivity index (χ3v) is 3.02. The Kier molecular flexibility index (Phi) is 1.69. The molecule has 1 saturated heterocycles. The fourth-order valence-corrected chi connectivity index (χ4v) is 2.31. The topological polar surface area (TPSA) is 9.23 Å². The predicted octanol–water partition coefficient (Wildman–Crippen LogP) is 2.60. The summed E-state index contributed by atoms with van der Waals surface area (Å²) in [5.41, 5.74) is -0.157. The number of hydrogen-bond donors (Lipinski definition) is 0. The monoisotopic (exact) mass is 176 g/mol. The van der Waals surface area contributed by atoms with E-state index in [1.54, 1.807) is 0 Å². The van der Waals surface area contributed by atoms with Gasteiger partial charge in [-0.1, -0.05) is 0 Å². The van der Waals surface area contributed by atoms with Gasteiger partial charge in [-0.15, -0.1) is 0 Å². The number of rotatable bonds is 0. The molecule has 1 aliphatic carbocycles. The molecule has 0 radical (unpaired) electrons. The number of halogens is 2. The van der Waals surface area contributed by atoms with Gasteiger partial charge in [0.25, 0.3) is 0 Å². The van der Waals surface area contributed by atoms with Crippen molar-refractivity contribution in [2.75, 3.05) is 6.61 Å². The van der Waals surface area contributed by atoms with Crippen molar-refractivity contribution >= 4 is 0 Å². The summed E-state index contributed by atoms with van der Waals surface area (Å²) in [4.78, 5) is 0. The minimum absolute atomic E-state index is 0.0483. The van der Waals surface area contributed by atoms with Crippen molar-refractivity contribution in [3.8, 4) is 0 Å². The molecule has 1 nitrogen and oxygen atoms in total. The van der Waals surface area contributed by atoms with Crippen LogP contribution < -0.4 is 0 Å². The highest BCUT2D eigenvalue weighted by molar-refractivity contribution is 5.00. The van der Waals surface area contributed by atoms with Gasteiger partial charge in [-0.2, -0.15) is 0 Å². The second-order valence-electron chi connectivity index (χ2n) is 4.37. The van der Waals surface area contributed by atoms with Crippen LogP contribution in [0.1, 0.15) is 32.6 Å². The summed E-state index contributed by atoms with van der Waals surface area (Å²) in [5, 5.41) is 0. The molecular formula is C9H14F2O. The molecule has 1 aliphatic heterocycles. The summed E-state index contributed by atoms with van der Waals surface area (Å²) in [6, 6.07) is 0. The minimum Gasteiger partial charge on any atom is -0.378 e. The van der Waals surface area contributed by atoms with Gasteiger partial charge >= 0.3 is 0 Å². The van der Waals surface area contributed by atoms with Crippen LogP contribution in [0.25, 0.3) is 0 Å². The number of hydrogen-bond acceptors (Lipinski definition) is 1. The standard InChI is InChI=1S/C9H14F2O/c1-7-2-3-8(6-12-7)4-9(10,11)5-8/h7H,2-6H2,1H3. The van der Waals surface area contributed by atoms with Gasteiger partial charge in [-0.3, -0.25) is 0 Å². The van der Waals surface area contributed by atoms with Gasteiger partial charge in [0, 0.05) is 18.3 Å². The van der Waals surface area contributed by atoms with Crippen LogP contribution in [0.2, 0.25) is 0 Å². The van der Waals surface area contributed by atoms with Crippen molar-refractivity contribution in [2.45, 2.75) is 44.6 Å². The highest BCUT2D eigenvalue weighted by Crippen LogP contribution is 2.56. The normalized spacial score (nSPS) is 37.8. The van der Waals surface area contributed by atoms with Gasteiger partial charge < -0.3 is 4.74 Å². The van der Waals surface area contributed by atoms with E-state index in [1.807, 2.05) is 6.92 Å². The molecule has 1 spiro atoms. The summed E-state index contributed by atoms with van der Waals surface area (Å²) in [7, 11) is 0. The zero-order valence-electron chi connectivity index (χ0n) is 7.28. The molecule has 3 heteroatoms. The zero-order valence-corrected chi connectivity index (χ0v) is 7.28. The van der Waals surface area contributed by atoms with Gasteiger partial charge in [-0.05, 0) is 19.8 Å². The Bertz CT molecular complexity index is 173. The highest BCUT2D eigenvalue weighted by atomic mass is 19.3. The maximum absolute atomic E-state index is 12.6. The van der Waals surface area contributed by atoms with Crippen molar-refractivity contribution in [1.29, 1.82) is 0 Å². The first kappa shape index (κ1) is 8.42. The summed E-state index contributed by atoms with van der Waals surface area (Å²) in [6.07, 6.45) is 2.23. The molecule has 1 atom stereocenters. The van der Waals surface area contributed by atoms with Gasteiger partial charge in [-0.25, -0.2) is 8.78 Å². The Morgan fingerprint density at radius 3 is 2.42 bits per heavy atom. The fourth-order valence-electron chi connectivity index (χ4n) is 2.31. The van der Waals surface area contributed by atoms with Gasteiger partial charge in [0.2, 0.25) is 5.92 Å². The molecule has 0 aromatic heterocycles. The molecule has 0 amide bonds. The van der Waals surface area contributed by atoms with E-state index in [4.69, 9.17) is 4.74 Å². The average molecular weight is 176 g/mol. The Labute approximate surface area is 71.1 Å². The summed E-state index contributed by atoms with van der Waals surface area (Å²) >= 11 is 0. The zero-order chi connectivity index (χ0) is 8.82. The van der Waals surface area contributed by atoms with Crippen LogP contribution >= 0.6 is 0 Å². The third kappa shape index (κ3) is 1.35. The lowest BCUT2D eigenvalue weighted by atomic mass is 9.63. The molecular weight excluding hydrogens is 162 g/mol. The second kappa shape index (κ2) is 2.41. The van der Waals surface area contributed by atoms with E-state index in [0.717, 1.165) is 12.8 Å². The van der Waals surface area contributed by atoms with Crippen LogP contribution in [-0.4, -0.2) is 18.6 Å². The van der Waals surface area contributed by atoms with Crippen molar-refractivity contribution in [1.82, 2.24) is 0 Å². The van der Waals surface area contributed by atoms with Gasteiger partial charge in [0.05, 0.1) is 12.7 Å². The Hall–Kier alpha value is -0.180. The predicted molar refractivity (Wildman–Crippen MR) is 41.3 cm³/mol. The van der Waals surface area contributed by atoms with E-state index in [0.29, 0.717) is 6.61 Å². The lowest BCUT2D eigenvalue weighted by Crippen LogP contribution is -2.51. The third-order valence-electron chi connectivity index (χ3n) is 3.02. The van der Waals surface area contributed by atoms with E-state index in [9.17, 15) is 8.78 Å². The molecule has 0 N–H and O–H groups in total. The second-order valence-corrected chi connectivity index (χ2v) is 4.37. The van der Waals surface area contributed by atoms with Crippen molar-refractivity contribution in [2.24, 2.45) is 5.41 Å². The summed E-state index contributed by atoms with van der Waals surface area (Å²) in [5.74, 6) is -2.40.